The quantitative estimate of drug-likeness (QED) is 0.0503. The molecular formula is C55H92O24. The van der Waals surface area contributed by atoms with Crippen LogP contribution in [-0.4, -0.2) is 212 Å². The van der Waals surface area contributed by atoms with Crippen molar-refractivity contribution in [3.63, 3.8) is 0 Å². The molecule has 5 fully saturated rings. The number of rotatable bonds is 15. The summed E-state index contributed by atoms with van der Waals surface area (Å²) in [7, 11) is 0. The van der Waals surface area contributed by atoms with E-state index < -0.39 is 183 Å². The molecule has 25 atom stereocenters. The van der Waals surface area contributed by atoms with Gasteiger partial charge in [0.05, 0.1) is 48.5 Å². The standard InChI is InChI=1S/C55H92O24/c1-11-13-19-22-34-23-20-17-15-14-16-18-21-24-36(58)74-47-44(77-52-42(64)41(63)43(32(9)70-52)75-49(65)26(3)12-2)33(10)71-55(48(47)76-51(67)28(5)30(7)57)79-46-40(62)38(60)35(25-68-50(66)27(4)29(6)56)73-54(46)78-45-39(61)37(59)31(8)69-53(45)72-34/h12,27-35,37-48,52-57,59-64H,11,13-25H2,1-10H3/b26-12+/t27-,28-,29+,30+,31-,32-,33+,34+,35-,37-,38-,39+,40+,41-,42-,43-,44+,45-,46-,47-,48-,52+,53+,54+,55+/m1/s1. The number of carbonyl (C=O) groups excluding carboxylic acids is 4. The predicted molar refractivity (Wildman–Crippen MR) is 275 cm³/mol. The molecule has 5 rings (SSSR count). The van der Waals surface area contributed by atoms with Gasteiger partial charge in [0.15, 0.2) is 43.5 Å². The van der Waals surface area contributed by atoms with Gasteiger partial charge in [0.25, 0.3) is 0 Å². The van der Waals surface area contributed by atoms with E-state index in [-0.39, 0.29) is 12.0 Å². The number of fused-ring (bicyclic) bond motifs is 4. The summed E-state index contributed by atoms with van der Waals surface area (Å²) in [6.07, 6.45) is -25.0. The molecule has 5 saturated heterocycles. The maximum Gasteiger partial charge on any atom is 0.333 e. The van der Waals surface area contributed by atoms with Crippen LogP contribution in [0.5, 0.6) is 0 Å². The lowest BCUT2D eigenvalue weighted by Crippen LogP contribution is -2.68. The van der Waals surface area contributed by atoms with Crippen LogP contribution in [0.4, 0.5) is 0 Å². The van der Waals surface area contributed by atoms with Crippen LogP contribution in [0.2, 0.25) is 0 Å². The molecule has 24 nitrogen and oxygen atoms in total. The van der Waals surface area contributed by atoms with E-state index in [9.17, 15) is 60.0 Å². The Morgan fingerprint density at radius 2 is 1.18 bits per heavy atom. The summed E-state index contributed by atoms with van der Waals surface area (Å²) in [5.41, 5.74) is 0.231. The van der Waals surface area contributed by atoms with E-state index in [1.54, 1.807) is 13.8 Å². The molecular weight excluding hydrogens is 1040 g/mol. The second kappa shape index (κ2) is 31.6. The van der Waals surface area contributed by atoms with Gasteiger partial charge in [-0.05, 0) is 81.6 Å². The Kier molecular flexibility index (Phi) is 26.7. The van der Waals surface area contributed by atoms with E-state index in [0.29, 0.717) is 25.7 Å². The highest BCUT2D eigenvalue weighted by Gasteiger charge is 2.58. The van der Waals surface area contributed by atoms with Gasteiger partial charge in [-0.2, -0.15) is 0 Å². The fraction of sp³-hybridized carbons (Fsp3) is 0.891. The van der Waals surface area contributed by atoms with Gasteiger partial charge in [-0.3, -0.25) is 14.4 Å². The maximum absolute atomic E-state index is 14.1. The number of carbonyl (C=O) groups is 4. The molecule has 0 unspecified atom stereocenters. The van der Waals surface area contributed by atoms with Crippen molar-refractivity contribution in [2.24, 2.45) is 11.8 Å². The minimum atomic E-state index is -2.07. The molecule has 0 aromatic heterocycles. The Balaban J connectivity index is 1.60. The summed E-state index contributed by atoms with van der Waals surface area (Å²) >= 11 is 0. The van der Waals surface area contributed by atoms with Crippen molar-refractivity contribution in [2.75, 3.05) is 6.61 Å². The summed E-state index contributed by atoms with van der Waals surface area (Å²) in [5, 5.41) is 90.6. The fourth-order valence-corrected chi connectivity index (χ4v) is 9.92. The highest BCUT2D eigenvalue weighted by atomic mass is 16.8. The SMILES string of the molecule is C/C=C(\C)C(=O)O[C@H]1[C@H](O)[C@@H](O)[C@H](O[C@@H]2[C@H]3OC(=O)CCCCCCCCC[C@H](CCCCC)O[C@@H]4O[C@H](C)[C@@H](O)[C@H](O)[C@H]4O[C@@H]4O[C@H](COC(=O)[C@H](C)[C@H](C)O)[C@@H](O)[C@H](O)[C@H]4O[C@H](O[C@H]2C)[C@@H]3OC(=O)[C@H](C)[C@H](C)O)O[C@@H]1C. The zero-order chi connectivity index (χ0) is 58.4. The molecule has 0 radical (unpaired) electrons. The third-order valence-corrected chi connectivity index (χ3v) is 15.8. The van der Waals surface area contributed by atoms with Crippen LogP contribution in [0.1, 0.15) is 153 Å². The van der Waals surface area contributed by atoms with Crippen molar-refractivity contribution in [3.05, 3.63) is 11.6 Å². The third-order valence-electron chi connectivity index (χ3n) is 15.8. The number of esters is 4. The maximum atomic E-state index is 14.1. The molecule has 5 aliphatic heterocycles. The van der Waals surface area contributed by atoms with Crippen LogP contribution in [-0.2, 0) is 76.0 Å². The summed E-state index contributed by atoms with van der Waals surface area (Å²) in [4.78, 5) is 53.9. The van der Waals surface area contributed by atoms with E-state index in [1.165, 1.54) is 54.5 Å². The Bertz CT molecular complexity index is 1920. The molecule has 2 bridgehead atoms. The van der Waals surface area contributed by atoms with Crippen molar-refractivity contribution < 1.29 is 117 Å². The Hall–Kier alpha value is -3.02. The number of hydrogen-bond acceptors (Lipinski definition) is 24. The molecule has 0 aliphatic carbocycles. The molecule has 5 aliphatic rings. The smallest absolute Gasteiger partial charge is 0.333 e. The number of unbranched alkanes of at least 4 members (excludes halogenated alkanes) is 2. The van der Waals surface area contributed by atoms with Gasteiger partial charge in [0, 0.05) is 12.0 Å². The molecule has 0 amide bonds. The van der Waals surface area contributed by atoms with Gasteiger partial charge in [0.1, 0.15) is 67.6 Å². The average molecular weight is 1140 g/mol. The number of hydrogen-bond donors (Lipinski definition) is 8. The van der Waals surface area contributed by atoms with Crippen molar-refractivity contribution in [1.82, 2.24) is 0 Å². The number of ether oxygens (including phenoxy) is 12. The number of aliphatic hydroxyl groups excluding tert-OH is 8. The first-order valence-electron chi connectivity index (χ1n) is 28.5. The van der Waals surface area contributed by atoms with Crippen LogP contribution >= 0.6 is 0 Å². The van der Waals surface area contributed by atoms with Gasteiger partial charge < -0.3 is 97.7 Å². The average Bonchev–Trinajstić information content (AvgIpc) is 3.47. The molecule has 0 aromatic rings. The number of allylic oxidation sites excluding steroid dienone is 1. The molecule has 0 aromatic carbocycles. The van der Waals surface area contributed by atoms with Crippen LogP contribution in [0, 0.1) is 11.8 Å². The molecule has 0 spiro atoms. The lowest BCUT2D eigenvalue weighted by atomic mass is 9.95. The van der Waals surface area contributed by atoms with Gasteiger partial charge in [-0.1, -0.05) is 70.8 Å². The third kappa shape index (κ3) is 18.0. The first kappa shape index (κ1) is 66.8. The van der Waals surface area contributed by atoms with Crippen LogP contribution in [0.15, 0.2) is 11.6 Å². The fourth-order valence-electron chi connectivity index (χ4n) is 9.92. The Labute approximate surface area is 463 Å². The zero-order valence-corrected chi connectivity index (χ0v) is 47.5. The summed E-state index contributed by atoms with van der Waals surface area (Å²) in [6.45, 7) is 14.5. The Morgan fingerprint density at radius 3 is 1.81 bits per heavy atom. The van der Waals surface area contributed by atoms with Gasteiger partial charge in [-0.25, -0.2) is 4.79 Å². The molecule has 24 heteroatoms. The summed E-state index contributed by atoms with van der Waals surface area (Å²) in [5.74, 6) is -5.69. The molecule has 456 valence electrons. The highest BCUT2D eigenvalue weighted by Crippen LogP contribution is 2.38. The summed E-state index contributed by atoms with van der Waals surface area (Å²) in [6, 6.07) is 0. The topological polar surface area (TPSA) is 341 Å². The van der Waals surface area contributed by atoms with E-state index >= 15 is 0 Å². The first-order chi connectivity index (χ1) is 37.4. The molecule has 8 N–H and O–H groups in total. The second-order valence-electron chi connectivity index (χ2n) is 22.1. The van der Waals surface area contributed by atoms with Crippen molar-refractivity contribution >= 4 is 23.9 Å². The van der Waals surface area contributed by atoms with E-state index in [1.807, 2.05) is 0 Å². The van der Waals surface area contributed by atoms with Crippen molar-refractivity contribution in [1.29, 1.82) is 0 Å². The second-order valence-corrected chi connectivity index (χ2v) is 22.1. The van der Waals surface area contributed by atoms with Crippen LogP contribution < -0.4 is 0 Å². The Morgan fingerprint density at radius 1 is 0.608 bits per heavy atom. The monoisotopic (exact) mass is 1140 g/mol. The molecule has 5 heterocycles. The molecule has 0 saturated carbocycles. The van der Waals surface area contributed by atoms with E-state index in [4.69, 9.17) is 56.8 Å². The van der Waals surface area contributed by atoms with Crippen molar-refractivity contribution in [2.45, 2.75) is 294 Å². The highest BCUT2D eigenvalue weighted by molar-refractivity contribution is 5.87. The van der Waals surface area contributed by atoms with Gasteiger partial charge in [-0.15, -0.1) is 0 Å². The van der Waals surface area contributed by atoms with Crippen LogP contribution in [0.25, 0.3) is 0 Å². The van der Waals surface area contributed by atoms with Gasteiger partial charge in [0.2, 0.25) is 0 Å². The minimum absolute atomic E-state index is 0.112. The molecule has 79 heavy (non-hydrogen) atoms. The van der Waals surface area contributed by atoms with Crippen molar-refractivity contribution in [3.8, 4) is 0 Å². The summed E-state index contributed by atoms with van der Waals surface area (Å²) < 4.78 is 74.2. The lowest BCUT2D eigenvalue weighted by molar-refractivity contribution is -0.399. The van der Waals surface area contributed by atoms with Gasteiger partial charge >= 0.3 is 23.9 Å². The lowest BCUT2D eigenvalue weighted by Gasteiger charge is -2.50. The minimum Gasteiger partial charge on any atom is -0.463 e. The zero-order valence-electron chi connectivity index (χ0n) is 47.5. The predicted octanol–water partition coefficient (Wildman–Crippen LogP) is 2.04. The normalized spacial score (nSPS) is 40.3. The van der Waals surface area contributed by atoms with Crippen LogP contribution in [0.3, 0.4) is 0 Å². The largest absolute Gasteiger partial charge is 0.463 e. The first-order valence-corrected chi connectivity index (χ1v) is 28.5. The van der Waals surface area contributed by atoms with E-state index in [2.05, 4.69) is 6.92 Å². The van der Waals surface area contributed by atoms with E-state index in [0.717, 1.165) is 51.4 Å². The number of aliphatic hydroxyl groups is 8.